The lowest BCUT2D eigenvalue weighted by molar-refractivity contribution is -0.136. The largest absolute Gasteiger partial charge is 0.370 e. The fourth-order valence-corrected chi connectivity index (χ4v) is 12.9. The number of nitrogens with two attached hydrogens (primary N) is 16. The molecule has 0 radical (unpaired) electrons. The third kappa shape index (κ3) is 49.0. The van der Waals surface area contributed by atoms with Crippen molar-refractivity contribution in [2.45, 2.75) is 171 Å². The van der Waals surface area contributed by atoms with E-state index in [2.05, 4.69) is 103 Å². The van der Waals surface area contributed by atoms with Crippen molar-refractivity contribution in [3.8, 4) is 0 Å². The van der Waals surface area contributed by atoms with Gasteiger partial charge < -0.3 is 164 Å². The molecule has 2 rings (SSSR count). The maximum atomic E-state index is 15.0. The van der Waals surface area contributed by atoms with Crippen LogP contribution in [0, 0.1) is 0 Å². The molecule has 2 heterocycles. The summed E-state index contributed by atoms with van der Waals surface area (Å²) in [6.45, 7) is 8.29. The Balaban J connectivity index is 2.63. The van der Waals surface area contributed by atoms with Gasteiger partial charge in [-0.1, -0.05) is 13.8 Å². The van der Waals surface area contributed by atoms with Crippen molar-refractivity contribution in [2.24, 2.45) is 132 Å². The minimum atomic E-state index is -4.44. The smallest absolute Gasteiger partial charge is 0.339 e. The number of aliphatic imine (C=N–C) groups is 8. The van der Waals surface area contributed by atoms with E-state index < -0.39 is 134 Å². The van der Waals surface area contributed by atoms with Gasteiger partial charge in [-0.25, -0.2) is 10.4 Å². The second-order valence-corrected chi connectivity index (χ2v) is 30.0. The number of carbonyl (C=O) groups is 11. The zero-order valence-corrected chi connectivity index (χ0v) is 70.1. The predicted octanol–water partition coefficient (Wildman–Crippen LogP) is -14.3. The molecule has 53 nitrogen and oxygen atoms in total. The SMILES string of the molecule is CCN1CCN(CC)CCN(CP(=O)(O)O)CCN(CC(=O)NC2C(=O)N2NCC(=O)N[C@H](CCCN=C(N)N)C(=O)N[C@@H](CCCN=C(N)N)C(=O)N[C@@H](CCCN=C(N)N)C(=O)N[C@@H](CCCN=C(N)N)C(=O)N[C@@H](CCCN=C(N)N)C(=O)N[C@H](CCCN=C(N)N)C(=O)N[C@@H](CCCN=C(N)N)C(=O)N[C@@H](C=O)CCCN=C(N)N)CC1. The van der Waals surface area contributed by atoms with Crippen LogP contribution >= 0.6 is 7.60 Å². The average Bonchev–Trinajstić information content (AvgIpc) is 1.64. The van der Waals surface area contributed by atoms with E-state index in [1.165, 1.54) is 0 Å². The lowest BCUT2D eigenvalue weighted by Gasteiger charge is -2.33. The first kappa shape index (κ1) is 106. The van der Waals surface area contributed by atoms with Gasteiger partial charge in [0.15, 0.2) is 47.7 Å². The Bertz CT molecular complexity index is 3570. The number of amides is 10. The Labute approximate surface area is 703 Å². The van der Waals surface area contributed by atoms with E-state index in [1.54, 1.807) is 4.90 Å². The molecule has 9 atom stereocenters. The lowest BCUT2D eigenvalue weighted by Crippen LogP contribution is -2.60. The maximum absolute atomic E-state index is 15.0. The van der Waals surface area contributed by atoms with Gasteiger partial charge in [-0.3, -0.25) is 102 Å². The maximum Gasteiger partial charge on any atom is 0.339 e. The molecule has 0 spiro atoms. The van der Waals surface area contributed by atoms with E-state index in [0.717, 1.165) is 31.2 Å². The molecule has 0 aromatic carbocycles. The van der Waals surface area contributed by atoms with Crippen molar-refractivity contribution >= 4 is 121 Å². The molecule has 2 aliphatic heterocycles. The highest BCUT2D eigenvalue weighted by Crippen LogP contribution is 2.35. The van der Waals surface area contributed by atoms with Crippen molar-refractivity contribution in [1.29, 1.82) is 0 Å². The zero-order valence-electron chi connectivity index (χ0n) is 69.2. The Hall–Kier alpha value is -11.5. The normalized spacial score (nSPS) is 16.1. The molecule has 0 aliphatic carbocycles. The standard InChI is InChI=1S/C67H134N39O14P/c1-3-102-29-30-103(4-2)32-35-105(40-121(118,119)120)36-34-104(33-31-102)38-50(109)101-51-59(117)106(51)92-37-49(108)94-42(14-6-22-85-61(70)71)53(111)96-44(16-8-24-87-63(74)75)55(113)98-46(18-10-26-89-65(78)79)57(115)100-48(20-12-28-91-67(82)83)58(116)99-47(19-11-27-90-66(80)81)56(114)97-45(17-9-25-88-64(76)77)54(112)95-43(15-7-23-86-62(72)73)52(110)93-41(39-107)13-5-21-84-60(68)69/h39,41-48,51,92H,3-38,40H2,1-2H3,(H,93,110)(H,94,108)(H,95,112)(H,96,111)(H,97,114)(H,98,113)(H,99,116)(H,100,115)(H,101,109)(H4,68,69,84)(H4,70,71,85)(H4,72,73,86)(H4,74,75,87)(H4,76,77,88)(H4,78,79,89)(H4,80,81,90)(H4,82,83,91)(H2,118,119,120)/t41-,42-,43+,44+,45-,46+,47+,48+,51?,106?/m1/s1. The number of carbonyl (C=O) groups excluding carboxylic acids is 11. The van der Waals surface area contributed by atoms with Gasteiger partial charge in [-0.15, -0.1) is 0 Å². The molecular formula is C67H134N39O14P. The number of hydrazine groups is 1. The molecule has 1 unspecified atom stereocenters. The summed E-state index contributed by atoms with van der Waals surface area (Å²) >= 11 is 0. The second-order valence-electron chi connectivity index (χ2n) is 28.4. The molecule has 0 bridgehead atoms. The van der Waals surface area contributed by atoms with Gasteiger partial charge in [0.2, 0.25) is 59.3 Å². The van der Waals surface area contributed by atoms with E-state index in [-0.39, 0.29) is 222 Å². The first-order valence-corrected chi connectivity index (χ1v) is 41.6. The van der Waals surface area contributed by atoms with Gasteiger partial charge in [0, 0.05) is 105 Å². The summed E-state index contributed by atoms with van der Waals surface area (Å²) in [5.74, 6) is -10.9. The Morgan fingerprint density at radius 1 is 0.372 bits per heavy atom. The molecule has 10 amide bonds. The topological polar surface area (TPSA) is 897 Å². The van der Waals surface area contributed by atoms with Crippen molar-refractivity contribution < 1.29 is 67.1 Å². The Morgan fingerprint density at radius 2 is 0.612 bits per heavy atom. The quantitative estimate of drug-likeness (QED) is 0.00671. The van der Waals surface area contributed by atoms with Crippen molar-refractivity contribution in [1.82, 2.24) is 77.9 Å². The molecule has 121 heavy (non-hydrogen) atoms. The number of hydrogen-bond acceptors (Lipinski definition) is 25. The van der Waals surface area contributed by atoms with Crippen molar-refractivity contribution in [2.75, 3.05) is 137 Å². The summed E-state index contributed by atoms with van der Waals surface area (Å²) in [6.07, 6.45) is -1.93. The molecule has 44 N–H and O–H groups in total. The summed E-state index contributed by atoms with van der Waals surface area (Å²) < 4.78 is 12.1. The van der Waals surface area contributed by atoms with Crippen LogP contribution in [0.4, 0.5) is 0 Å². The van der Waals surface area contributed by atoms with E-state index >= 15 is 0 Å². The fraction of sp³-hybridized carbons (Fsp3) is 0.716. The first-order valence-electron chi connectivity index (χ1n) is 39.8. The summed E-state index contributed by atoms with van der Waals surface area (Å²) in [7, 11) is -4.44. The van der Waals surface area contributed by atoms with Crippen LogP contribution in [0.15, 0.2) is 39.9 Å². The van der Waals surface area contributed by atoms with Gasteiger partial charge >= 0.3 is 7.60 Å². The molecular weight excluding hydrogens is 1610 g/mol. The predicted molar refractivity (Wildman–Crippen MR) is 457 cm³/mol. The molecule has 0 aromatic rings. The zero-order chi connectivity index (χ0) is 90.6. The van der Waals surface area contributed by atoms with E-state index in [1.807, 2.05) is 18.7 Å². The molecule has 54 heteroatoms. The average molecular weight is 1740 g/mol. The van der Waals surface area contributed by atoms with E-state index in [9.17, 15) is 67.1 Å². The van der Waals surface area contributed by atoms with Gasteiger partial charge in [0.1, 0.15) is 54.9 Å². The van der Waals surface area contributed by atoms with E-state index in [4.69, 9.17) is 91.7 Å². The highest BCUT2D eigenvalue weighted by atomic mass is 31.2. The molecule has 2 fully saturated rings. The van der Waals surface area contributed by atoms with Crippen LogP contribution in [-0.2, 0) is 57.3 Å². The second kappa shape index (κ2) is 58.4. The van der Waals surface area contributed by atoms with Crippen LogP contribution < -0.4 is 145 Å². The highest BCUT2D eigenvalue weighted by molar-refractivity contribution is 7.51. The van der Waals surface area contributed by atoms with Gasteiger partial charge in [0.25, 0.3) is 5.91 Å². The number of guanidine groups is 8. The number of likely N-dealkylation sites (N-methyl/N-ethyl adjacent to an activating group) is 2. The minimum absolute atomic E-state index is 0.00358. The van der Waals surface area contributed by atoms with E-state index in [0.29, 0.717) is 32.5 Å². The highest BCUT2D eigenvalue weighted by Gasteiger charge is 2.48. The van der Waals surface area contributed by atoms with Crippen molar-refractivity contribution in [3.05, 3.63) is 0 Å². The fourth-order valence-electron chi connectivity index (χ4n) is 12.1. The summed E-state index contributed by atoms with van der Waals surface area (Å²) in [5.41, 5.74) is 92.1. The molecule has 686 valence electrons. The van der Waals surface area contributed by atoms with Crippen LogP contribution in [0.1, 0.15) is 117 Å². The van der Waals surface area contributed by atoms with Crippen molar-refractivity contribution in [3.63, 3.8) is 0 Å². The Kier molecular flexibility index (Phi) is 50.9. The van der Waals surface area contributed by atoms with Crippen LogP contribution in [0.5, 0.6) is 0 Å². The van der Waals surface area contributed by atoms with Gasteiger partial charge in [-0.05, 0) is 116 Å². The number of nitrogens with zero attached hydrogens (tertiary/aromatic N) is 13. The summed E-state index contributed by atoms with van der Waals surface area (Å²) in [4.78, 5) is 215. The third-order valence-electron chi connectivity index (χ3n) is 18.5. The summed E-state index contributed by atoms with van der Waals surface area (Å²) in [6, 6.07) is -11.7. The molecule has 0 aromatic heterocycles. The van der Waals surface area contributed by atoms with Crippen LogP contribution in [0.3, 0.4) is 0 Å². The first-order chi connectivity index (χ1) is 57.2. The lowest BCUT2D eigenvalue weighted by atomic mass is 10.0. The Morgan fingerprint density at radius 3 is 0.860 bits per heavy atom. The van der Waals surface area contributed by atoms with Gasteiger partial charge in [-0.2, -0.15) is 0 Å². The minimum Gasteiger partial charge on any atom is -0.370 e. The summed E-state index contributed by atoms with van der Waals surface area (Å²) in [5, 5.41) is 24.7. The number of rotatable bonds is 58. The molecule has 2 aliphatic rings. The number of nitrogens with one attached hydrogen (secondary N) is 10. The van der Waals surface area contributed by atoms with Gasteiger partial charge in [0.05, 0.1) is 19.1 Å². The number of aldehydes is 1. The van der Waals surface area contributed by atoms with Crippen LogP contribution in [-0.4, -0.2) is 339 Å². The van der Waals surface area contributed by atoms with Crippen LogP contribution in [0.2, 0.25) is 0 Å². The number of hydrogen-bond donors (Lipinski definition) is 28. The molecule has 0 saturated carbocycles. The van der Waals surface area contributed by atoms with Crippen LogP contribution in [0.25, 0.3) is 0 Å². The third-order valence-corrected chi connectivity index (χ3v) is 19.2. The monoisotopic (exact) mass is 1740 g/mol. The molecule has 2 saturated heterocycles.